The van der Waals surface area contributed by atoms with Crippen molar-refractivity contribution >= 4 is 16.9 Å². The summed E-state index contributed by atoms with van der Waals surface area (Å²) in [5.74, 6) is -1.47. The number of fused-ring (bicyclic) bond motifs is 1. The molecule has 2 aromatic rings. The first-order valence-electron chi connectivity index (χ1n) is 7.73. The lowest BCUT2D eigenvalue weighted by Crippen LogP contribution is -2.35. The molecule has 1 amide bonds. The molecule has 5 nitrogen and oxygen atoms in total. The van der Waals surface area contributed by atoms with Crippen molar-refractivity contribution in [2.75, 3.05) is 13.1 Å². The van der Waals surface area contributed by atoms with Crippen LogP contribution < -0.4 is 0 Å². The standard InChI is InChI=1S/C16H19F2N3O2/c1-10-19-14-7-12(17)13(18)8-15(14)21(10)9-16(23)20-5-2-3-11(22)4-6-20/h7-8,11,22H,2-6,9H2,1H3. The molecule has 7 heteroatoms. The fraction of sp³-hybridized carbons (Fsp3) is 0.500. The van der Waals surface area contributed by atoms with Gasteiger partial charge in [0, 0.05) is 25.2 Å². The number of aromatic nitrogens is 2. The molecule has 1 N–H and O–H groups in total. The largest absolute Gasteiger partial charge is 0.393 e. The summed E-state index contributed by atoms with van der Waals surface area (Å²) in [6, 6.07) is 2.12. The van der Waals surface area contributed by atoms with E-state index in [9.17, 15) is 18.7 Å². The molecule has 1 aliphatic heterocycles. The zero-order chi connectivity index (χ0) is 16.6. The zero-order valence-electron chi connectivity index (χ0n) is 12.9. The average molecular weight is 323 g/mol. The van der Waals surface area contributed by atoms with Gasteiger partial charge in [0.25, 0.3) is 0 Å². The summed E-state index contributed by atoms with van der Waals surface area (Å²) in [5, 5.41) is 9.66. The molecule has 23 heavy (non-hydrogen) atoms. The van der Waals surface area contributed by atoms with E-state index in [2.05, 4.69) is 4.98 Å². The van der Waals surface area contributed by atoms with Crippen LogP contribution in [0.2, 0.25) is 0 Å². The molecule has 0 aliphatic carbocycles. The second-order valence-corrected chi connectivity index (χ2v) is 5.97. The highest BCUT2D eigenvalue weighted by molar-refractivity contribution is 5.81. The number of rotatable bonds is 2. The summed E-state index contributed by atoms with van der Waals surface area (Å²) >= 11 is 0. The van der Waals surface area contributed by atoms with E-state index in [0.29, 0.717) is 42.8 Å². The summed E-state index contributed by atoms with van der Waals surface area (Å²) in [4.78, 5) is 18.4. The first kappa shape index (κ1) is 15.9. The molecular weight excluding hydrogens is 304 g/mol. The molecule has 1 fully saturated rings. The number of likely N-dealkylation sites (tertiary alicyclic amines) is 1. The van der Waals surface area contributed by atoms with Crippen molar-refractivity contribution in [2.24, 2.45) is 0 Å². The Bertz CT molecular complexity index is 744. The highest BCUT2D eigenvalue weighted by Gasteiger charge is 2.21. The Labute approximate surface area is 132 Å². The molecule has 0 spiro atoms. The van der Waals surface area contributed by atoms with E-state index in [0.717, 1.165) is 18.6 Å². The fourth-order valence-electron chi connectivity index (χ4n) is 3.00. The van der Waals surface area contributed by atoms with Gasteiger partial charge in [-0.3, -0.25) is 4.79 Å². The Balaban J connectivity index is 1.84. The minimum atomic E-state index is -0.955. The molecule has 0 bridgehead atoms. The number of hydrogen-bond donors (Lipinski definition) is 1. The third-order valence-corrected chi connectivity index (χ3v) is 4.32. The van der Waals surface area contributed by atoms with Crippen LogP contribution in [-0.2, 0) is 11.3 Å². The lowest BCUT2D eigenvalue weighted by molar-refractivity contribution is -0.131. The Morgan fingerprint density at radius 3 is 2.83 bits per heavy atom. The van der Waals surface area contributed by atoms with Crippen LogP contribution in [0.5, 0.6) is 0 Å². The number of hydrogen-bond acceptors (Lipinski definition) is 3. The number of carbonyl (C=O) groups is 1. The minimum Gasteiger partial charge on any atom is -0.393 e. The first-order valence-corrected chi connectivity index (χ1v) is 7.73. The minimum absolute atomic E-state index is 0.0313. The summed E-state index contributed by atoms with van der Waals surface area (Å²) in [6.07, 6.45) is 1.66. The normalized spacial score (nSPS) is 19.1. The van der Waals surface area contributed by atoms with Gasteiger partial charge in [-0.15, -0.1) is 0 Å². The van der Waals surface area contributed by atoms with Crippen molar-refractivity contribution in [1.82, 2.24) is 14.5 Å². The van der Waals surface area contributed by atoms with Crippen LogP contribution in [0.25, 0.3) is 11.0 Å². The van der Waals surface area contributed by atoms with Crippen LogP contribution in [0.15, 0.2) is 12.1 Å². The van der Waals surface area contributed by atoms with E-state index >= 15 is 0 Å². The smallest absolute Gasteiger partial charge is 0.242 e. The molecule has 0 saturated carbocycles. The first-order chi connectivity index (χ1) is 11.0. The molecule has 124 valence electrons. The van der Waals surface area contributed by atoms with Crippen LogP contribution in [0, 0.1) is 18.6 Å². The molecular formula is C16H19F2N3O2. The highest BCUT2D eigenvalue weighted by atomic mass is 19.2. The van der Waals surface area contributed by atoms with Crippen LogP contribution in [-0.4, -0.2) is 44.7 Å². The number of amides is 1. The number of aliphatic hydroxyl groups is 1. The van der Waals surface area contributed by atoms with Gasteiger partial charge in [0.15, 0.2) is 11.6 Å². The topological polar surface area (TPSA) is 58.4 Å². The van der Waals surface area contributed by atoms with Crippen LogP contribution >= 0.6 is 0 Å². The third-order valence-electron chi connectivity index (χ3n) is 4.32. The second kappa shape index (κ2) is 6.23. The number of halogens is 2. The summed E-state index contributed by atoms with van der Waals surface area (Å²) < 4.78 is 28.4. The fourth-order valence-corrected chi connectivity index (χ4v) is 3.00. The summed E-state index contributed by atoms with van der Waals surface area (Å²) in [7, 11) is 0. The van der Waals surface area contributed by atoms with E-state index in [1.54, 1.807) is 16.4 Å². The molecule has 1 aromatic carbocycles. The van der Waals surface area contributed by atoms with Crippen molar-refractivity contribution in [2.45, 2.75) is 38.8 Å². The molecule has 1 aromatic heterocycles. The van der Waals surface area contributed by atoms with Crippen molar-refractivity contribution in [3.8, 4) is 0 Å². The van der Waals surface area contributed by atoms with Gasteiger partial charge in [-0.2, -0.15) is 0 Å². The summed E-state index contributed by atoms with van der Waals surface area (Å²) in [6.45, 7) is 2.85. The molecule has 0 radical (unpaired) electrons. The SMILES string of the molecule is Cc1nc2cc(F)c(F)cc2n1CC(=O)N1CCCC(O)CC1. The predicted octanol–water partition coefficient (Wildman–Crippen LogP) is 2.00. The van der Waals surface area contributed by atoms with Gasteiger partial charge in [0.1, 0.15) is 12.4 Å². The molecule has 1 atom stereocenters. The van der Waals surface area contributed by atoms with Gasteiger partial charge < -0.3 is 14.6 Å². The number of aliphatic hydroxyl groups excluding tert-OH is 1. The van der Waals surface area contributed by atoms with E-state index < -0.39 is 11.6 Å². The number of nitrogens with zero attached hydrogens (tertiary/aromatic N) is 3. The van der Waals surface area contributed by atoms with Crippen molar-refractivity contribution < 1.29 is 18.7 Å². The number of imidazole rings is 1. The third kappa shape index (κ3) is 3.19. The van der Waals surface area contributed by atoms with Crippen LogP contribution in [0.4, 0.5) is 8.78 Å². The molecule has 1 saturated heterocycles. The zero-order valence-corrected chi connectivity index (χ0v) is 12.9. The van der Waals surface area contributed by atoms with Crippen LogP contribution in [0.3, 0.4) is 0 Å². The van der Waals surface area contributed by atoms with Crippen molar-refractivity contribution in [3.05, 3.63) is 29.6 Å². The van der Waals surface area contributed by atoms with E-state index in [4.69, 9.17) is 0 Å². The lowest BCUT2D eigenvalue weighted by Gasteiger charge is -2.21. The maximum absolute atomic E-state index is 13.5. The average Bonchev–Trinajstić information content (AvgIpc) is 2.67. The van der Waals surface area contributed by atoms with E-state index in [1.165, 1.54) is 0 Å². The maximum atomic E-state index is 13.5. The Kier molecular flexibility index (Phi) is 4.30. The second-order valence-electron chi connectivity index (χ2n) is 5.97. The van der Waals surface area contributed by atoms with Crippen molar-refractivity contribution in [1.29, 1.82) is 0 Å². The highest BCUT2D eigenvalue weighted by Crippen LogP contribution is 2.20. The summed E-state index contributed by atoms with van der Waals surface area (Å²) in [5.41, 5.74) is 0.741. The maximum Gasteiger partial charge on any atom is 0.242 e. The van der Waals surface area contributed by atoms with Gasteiger partial charge in [0.05, 0.1) is 17.1 Å². The number of carbonyl (C=O) groups excluding carboxylic acids is 1. The van der Waals surface area contributed by atoms with Gasteiger partial charge in [-0.1, -0.05) is 0 Å². The molecule has 1 aliphatic rings. The Morgan fingerprint density at radius 1 is 1.30 bits per heavy atom. The van der Waals surface area contributed by atoms with Crippen molar-refractivity contribution in [3.63, 3.8) is 0 Å². The Hall–Kier alpha value is -2.02. The molecule has 3 rings (SSSR count). The van der Waals surface area contributed by atoms with Gasteiger partial charge in [-0.05, 0) is 26.2 Å². The van der Waals surface area contributed by atoms with E-state index in [1.807, 2.05) is 0 Å². The Morgan fingerprint density at radius 2 is 2.04 bits per heavy atom. The van der Waals surface area contributed by atoms with Gasteiger partial charge >= 0.3 is 0 Å². The monoisotopic (exact) mass is 323 g/mol. The lowest BCUT2D eigenvalue weighted by atomic mass is 10.2. The van der Waals surface area contributed by atoms with E-state index in [-0.39, 0.29) is 18.6 Å². The predicted molar refractivity (Wildman–Crippen MR) is 80.8 cm³/mol. The quantitative estimate of drug-likeness (QED) is 0.919. The van der Waals surface area contributed by atoms with Gasteiger partial charge in [-0.25, -0.2) is 13.8 Å². The number of benzene rings is 1. The van der Waals surface area contributed by atoms with Crippen LogP contribution in [0.1, 0.15) is 25.1 Å². The van der Waals surface area contributed by atoms with Gasteiger partial charge in [0.2, 0.25) is 5.91 Å². The molecule has 1 unspecified atom stereocenters. The molecule has 2 heterocycles. The number of aryl methyl sites for hydroxylation is 1.